The topological polar surface area (TPSA) is 111 Å². The third kappa shape index (κ3) is 7.83. The lowest BCUT2D eigenvalue weighted by molar-refractivity contribution is -0.128. The van der Waals surface area contributed by atoms with Gasteiger partial charge in [0.1, 0.15) is 18.7 Å². The van der Waals surface area contributed by atoms with Crippen LogP contribution in [0.25, 0.3) is 0 Å². The van der Waals surface area contributed by atoms with Crippen LogP contribution in [0.1, 0.15) is 32.3 Å². The molecule has 0 aliphatic carbocycles. The number of ether oxygens (including phenoxy) is 1. The van der Waals surface area contributed by atoms with Gasteiger partial charge in [-0.1, -0.05) is 50.3 Å². The van der Waals surface area contributed by atoms with E-state index in [4.69, 9.17) is 10.5 Å². The average Bonchev–Trinajstić information content (AvgIpc) is 2.59. The summed E-state index contributed by atoms with van der Waals surface area (Å²) < 4.78 is 5.15. The molecular weight excluding hydrogens is 334 g/mol. The Hall–Kier alpha value is -2.83. The van der Waals surface area contributed by atoms with Crippen LogP contribution in [0, 0.1) is 5.92 Å². The number of rotatable bonds is 10. The highest BCUT2D eigenvalue weighted by Gasteiger charge is 2.26. The molecule has 3 amide bonds. The minimum absolute atomic E-state index is 0.100. The SMILES string of the molecule is C=CC[C@@H](NC(=O)[C@H](CC(C)C)NC(=O)OCc1ccccc1)C(N)=O. The van der Waals surface area contributed by atoms with E-state index >= 15 is 0 Å². The standard InChI is InChI=1S/C19H27N3O4/c1-4-8-15(17(20)23)21-18(24)16(11-13(2)3)22-19(25)26-12-14-9-6-5-7-10-14/h4-7,9-10,13,15-16H,1,8,11-12H2,2-3H3,(H2,20,23)(H,21,24)(H,22,25)/t15-,16+/m1/s1. The van der Waals surface area contributed by atoms with Crippen molar-refractivity contribution in [1.82, 2.24) is 10.6 Å². The van der Waals surface area contributed by atoms with Crippen LogP contribution in [0.3, 0.4) is 0 Å². The van der Waals surface area contributed by atoms with Gasteiger partial charge in [-0.25, -0.2) is 4.79 Å². The number of carbonyl (C=O) groups excluding carboxylic acids is 3. The molecule has 0 saturated carbocycles. The predicted molar refractivity (Wildman–Crippen MR) is 98.9 cm³/mol. The van der Waals surface area contributed by atoms with E-state index in [1.54, 1.807) is 0 Å². The minimum atomic E-state index is -0.864. The van der Waals surface area contributed by atoms with E-state index in [2.05, 4.69) is 17.2 Å². The molecule has 0 unspecified atom stereocenters. The highest BCUT2D eigenvalue weighted by molar-refractivity contribution is 5.90. The van der Waals surface area contributed by atoms with Gasteiger partial charge in [0, 0.05) is 0 Å². The summed E-state index contributed by atoms with van der Waals surface area (Å²) in [4.78, 5) is 35.9. The van der Waals surface area contributed by atoms with Gasteiger partial charge in [-0.3, -0.25) is 9.59 Å². The molecule has 26 heavy (non-hydrogen) atoms. The van der Waals surface area contributed by atoms with Crippen LogP contribution in [-0.2, 0) is 20.9 Å². The second-order valence-electron chi connectivity index (χ2n) is 6.38. The Labute approximate surface area is 154 Å². The number of nitrogens with two attached hydrogens (primary N) is 1. The van der Waals surface area contributed by atoms with Crippen LogP contribution in [0.2, 0.25) is 0 Å². The third-order valence-electron chi connectivity index (χ3n) is 3.59. The molecule has 4 N–H and O–H groups in total. The van der Waals surface area contributed by atoms with Gasteiger partial charge >= 0.3 is 6.09 Å². The Balaban J connectivity index is 2.66. The van der Waals surface area contributed by atoms with Crippen molar-refractivity contribution in [3.8, 4) is 0 Å². The van der Waals surface area contributed by atoms with E-state index in [9.17, 15) is 14.4 Å². The number of amides is 3. The summed E-state index contributed by atoms with van der Waals surface area (Å²) in [5, 5.41) is 5.10. The van der Waals surface area contributed by atoms with Gasteiger partial charge in [-0.05, 0) is 24.3 Å². The summed E-state index contributed by atoms with van der Waals surface area (Å²) in [5.74, 6) is -0.999. The molecule has 0 aliphatic heterocycles. The first-order valence-corrected chi connectivity index (χ1v) is 8.51. The van der Waals surface area contributed by atoms with Gasteiger partial charge < -0.3 is 21.1 Å². The summed E-state index contributed by atoms with van der Waals surface area (Å²) in [7, 11) is 0. The monoisotopic (exact) mass is 361 g/mol. The number of alkyl carbamates (subject to hydrolysis) is 1. The van der Waals surface area contributed by atoms with Gasteiger partial charge in [-0.15, -0.1) is 6.58 Å². The van der Waals surface area contributed by atoms with Crippen LogP contribution in [0.4, 0.5) is 4.79 Å². The molecule has 0 aromatic heterocycles. The molecule has 0 saturated heterocycles. The first-order valence-electron chi connectivity index (χ1n) is 8.51. The molecule has 0 bridgehead atoms. The van der Waals surface area contributed by atoms with E-state index in [-0.39, 0.29) is 18.9 Å². The zero-order valence-electron chi connectivity index (χ0n) is 15.2. The Morgan fingerprint density at radius 1 is 1.15 bits per heavy atom. The number of hydrogen-bond acceptors (Lipinski definition) is 4. The fourth-order valence-electron chi connectivity index (χ4n) is 2.30. The molecule has 2 atom stereocenters. The van der Waals surface area contributed by atoms with E-state index in [0.29, 0.717) is 6.42 Å². The molecule has 0 fully saturated rings. The van der Waals surface area contributed by atoms with Gasteiger partial charge in [0.05, 0.1) is 0 Å². The highest BCUT2D eigenvalue weighted by atomic mass is 16.5. The minimum Gasteiger partial charge on any atom is -0.445 e. The number of carbonyl (C=O) groups is 3. The maximum Gasteiger partial charge on any atom is 0.408 e. The van der Waals surface area contributed by atoms with Crippen molar-refractivity contribution < 1.29 is 19.1 Å². The van der Waals surface area contributed by atoms with E-state index in [0.717, 1.165) is 5.56 Å². The maximum atomic E-state index is 12.5. The second-order valence-corrected chi connectivity index (χ2v) is 6.38. The first-order chi connectivity index (χ1) is 12.3. The number of benzene rings is 1. The second kappa shape index (κ2) is 10.9. The number of hydrogen-bond donors (Lipinski definition) is 3. The largest absolute Gasteiger partial charge is 0.445 e. The Morgan fingerprint density at radius 2 is 1.81 bits per heavy atom. The van der Waals surface area contributed by atoms with E-state index < -0.39 is 30.0 Å². The zero-order chi connectivity index (χ0) is 19.5. The van der Waals surface area contributed by atoms with Crippen LogP contribution in [-0.4, -0.2) is 30.0 Å². The van der Waals surface area contributed by atoms with Crippen molar-refractivity contribution in [2.45, 2.75) is 45.4 Å². The maximum absolute atomic E-state index is 12.5. The van der Waals surface area contributed by atoms with Crippen LogP contribution in [0.5, 0.6) is 0 Å². The lowest BCUT2D eigenvalue weighted by atomic mass is 10.0. The van der Waals surface area contributed by atoms with Crippen molar-refractivity contribution in [2.24, 2.45) is 11.7 Å². The smallest absolute Gasteiger partial charge is 0.408 e. The van der Waals surface area contributed by atoms with Gasteiger partial charge in [0.25, 0.3) is 0 Å². The molecular formula is C19H27N3O4. The molecule has 0 spiro atoms. The zero-order valence-corrected chi connectivity index (χ0v) is 15.2. The quantitative estimate of drug-likeness (QED) is 0.553. The summed E-state index contributed by atoms with van der Waals surface area (Å²) in [5.41, 5.74) is 6.11. The van der Waals surface area contributed by atoms with Crippen LogP contribution in [0.15, 0.2) is 43.0 Å². The number of nitrogens with one attached hydrogen (secondary N) is 2. The van der Waals surface area contributed by atoms with Crippen molar-refractivity contribution in [3.63, 3.8) is 0 Å². The molecule has 1 rings (SSSR count). The highest BCUT2D eigenvalue weighted by Crippen LogP contribution is 2.07. The van der Waals surface area contributed by atoms with Gasteiger partial charge in [0.15, 0.2) is 0 Å². The van der Waals surface area contributed by atoms with E-state index in [1.165, 1.54) is 6.08 Å². The third-order valence-corrected chi connectivity index (χ3v) is 3.59. The Kier molecular flexibility index (Phi) is 8.91. The van der Waals surface area contributed by atoms with Crippen molar-refractivity contribution in [1.29, 1.82) is 0 Å². The molecule has 0 aliphatic rings. The molecule has 1 aromatic rings. The molecule has 142 valence electrons. The summed E-state index contributed by atoms with van der Waals surface area (Å²) in [6.07, 6.45) is 1.41. The first kappa shape index (κ1) is 21.2. The summed E-state index contributed by atoms with van der Waals surface area (Å²) in [6.45, 7) is 7.48. The summed E-state index contributed by atoms with van der Waals surface area (Å²) >= 11 is 0. The molecule has 7 nitrogen and oxygen atoms in total. The lowest BCUT2D eigenvalue weighted by Crippen LogP contribution is -2.53. The molecule has 7 heteroatoms. The van der Waals surface area contributed by atoms with Crippen molar-refractivity contribution in [3.05, 3.63) is 48.6 Å². The fourth-order valence-corrected chi connectivity index (χ4v) is 2.30. The average molecular weight is 361 g/mol. The molecule has 1 aromatic carbocycles. The molecule has 0 radical (unpaired) electrons. The van der Waals surface area contributed by atoms with Crippen LogP contribution < -0.4 is 16.4 Å². The van der Waals surface area contributed by atoms with E-state index in [1.807, 2.05) is 44.2 Å². The van der Waals surface area contributed by atoms with Gasteiger partial charge in [-0.2, -0.15) is 0 Å². The van der Waals surface area contributed by atoms with Gasteiger partial charge in [0.2, 0.25) is 11.8 Å². The lowest BCUT2D eigenvalue weighted by Gasteiger charge is -2.22. The van der Waals surface area contributed by atoms with Crippen LogP contribution >= 0.6 is 0 Å². The molecule has 0 heterocycles. The Morgan fingerprint density at radius 3 is 2.35 bits per heavy atom. The van der Waals surface area contributed by atoms with Crippen molar-refractivity contribution in [2.75, 3.05) is 0 Å². The Bertz CT molecular complexity index is 616. The normalized spacial score (nSPS) is 12.7. The fraction of sp³-hybridized carbons (Fsp3) is 0.421. The summed E-state index contributed by atoms with van der Waals surface area (Å²) in [6, 6.07) is 7.52. The number of primary amides is 1. The van der Waals surface area contributed by atoms with Crippen molar-refractivity contribution >= 4 is 17.9 Å². The predicted octanol–water partition coefficient (Wildman–Crippen LogP) is 1.87.